The molecule has 0 amide bonds. The second kappa shape index (κ2) is 15.2. The number of benzene rings is 1. The molecule has 2 aromatic rings. The minimum Gasteiger partial charge on any atom is -0.462 e. The summed E-state index contributed by atoms with van der Waals surface area (Å²) in [5.41, 5.74) is 7.44. The SMILES string of the molecule is CCN(CC)CCNc1nc(Nc2ccc(NCCN)cc2)nc(OCCN(CC)CC)n1. The molecule has 0 saturated carbocycles. The van der Waals surface area contributed by atoms with Crippen LogP contribution in [-0.4, -0.2) is 90.3 Å². The Morgan fingerprint density at radius 3 is 2.00 bits per heavy atom. The van der Waals surface area contributed by atoms with Crippen molar-refractivity contribution in [2.75, 3.05) is 81.5 Å². The van der Waals surface area contributed by atoms with Gasteiger partial charge in [0, 0.05) is 44.1 Å². The van der Waals surface area contributed by atoms with Gasteiger partial charge in [0.25, 0.3) is 0 Å². The highest BCUT2D eigenvalue weighted by molar-refractivity contribution is 5.59. The summed E-state index contributed by atoms with van der Waals surface area (Å²) in [5, 5.41) is 9.82. The molecular formula is C23H41N9O. The molecule has 10 heteroatoms. The van der Waals surface area contributed by atoms with Gasteiger partial charge in [-0.2, -0.15) is 15.0 Å². The first-order valence-corrected chi connectivity index (χ1v) is 12.0. The Labute approximate surface area is 198 Å². The highest BCUT2D eigenvalue weighted by Crippen LogP contribution is 2.19. The van der Waals surface area contributed by atoms with Crippen LogP contribution in [0.3, 0.4) is 0 Å². The van der Waals surface area contributed by atoms with Gasteiger partial charge in [-0.1, -0.05) is 27.7 Å². The summed E-state index contributed by atoms with van der Waals surface area (Å²) < 4.78 is 5.88. The van der Waals surface area contributed by atoms with Crippen LogP contribution < -0.4 is 26.4 Å². The highest BCUT2D eigenvalue weighted by atomic mass is 16.5. The summed E-state index contributed by atoms with van der Waals surface area (Å²) in [6, 6.07) is 8.23. The van der Waals surface area contributed by atoms with Crippen molar-refractivity contribution in [2.24, 2.45) is 5.73 Å². The van der Waals surface area contributed by atoms with Crippen molar-refractivity contribution >= 4 is 23.3 Å². The minimum absolute atomic E-state index is 0.311. The van der Waals surface area contributed by atoms with Gasteiger partial charge in [-0.25, -0.2) is 0 Å². The molecule has 33 heavy (non-hydrogen) atoms. The van der Waals surface area contributed by atoms with Crippen molar-refractivity contribution in [2.45, 2.75) is 27.7 Å². The Bertz CT molecular complexity index is 744. The molecule has 2 rings (SSSR count). The standard InChI is InChI=1S/C23H41N9O/c1-5-31(6-2)16-15-26-21-28-22(27-20-11-9-19(10-12-20)25-14-13-24)30-23(29-21)33-18-17-32(7-3)8-4/h9-12,25H,5-8,13-18,24H2,1-4H3,(H2,26,27,28,29,30). The van der Waals surface area contributed by atoms with E-state index in [1.54, 1.807) is 0 Å². The molecule has 1 aromatic carbocycles. The monoisotopic (exact) mass is 459 g/mol. The van der Waals surface area contributed by atoms with E-state index in [0.717, 1.165) is 63.7 Å². The number of nitrogens with one attached hydrogen (secondary N) is 3. The fourth-order valence-electron chi connectivity index (χ4n) is 3.24. The lowest BCUT2D eigenvalue weighted by Gasteiger charge is -2.19. The maximum Gasteiger partial charge on any atom is 0.323 e. The van der Waals surface area contributed by atoms with Gasteiger partial charge in [0.1, 0.15) is 6.61 Å². The highest BCUT2D eigenvalue weighted by Gasteiger charge is 2.10. The number of aromatic nitrogens is 3. The molecule has 0 radical (unpaired) electrons. The van der Waals surface area contributed by atoms with Crippen LogP contribution in [0.5, 0.6) is 6.01 Å². The summed E-state index contributed by atoms with van der Waals surface area (Å²) in [4.78, 5) is 18.1. The van der Waals surface area contributed by atoms with E-state index < -0.39 is 0 Å². The number of hydrogen-bond donors (Lipinski definition) is 4. The van der Waals surface area contributed by atoms with E-state index >= 15 is 0 Å². The third-order valence-corrected chi connectivity index (χ3v) is 5.37. The molecule has 1 heterocycles. The van der Waals surface area contributed by atoms with E-state index in [9.17, 15) is 0 Å². The Morgan fingerprint density at radius 2 is 1.36 bits per heavy atom. The van der Waals surface area contributed by atoms with Crippen LogP contribution in [0.4, 0.5) is 23.3 Å². The Morgan fingerprint density at radius 1 is 0.758 bits per heavy atom. The third-order valence-electron chi connectivity index (χ3n) is 5.37. The second-order valence-corrected chi connectivity index (χ2v) is 7.51. The van der Waals surface area contributed by atoms with Crippen molar-refractivity contribution in [3.63, 3.8) is 0 Å². The molecule has 0 spiro atoms. The van der Waals surface area contributed by atoms with E-state index in [1.807, 2.05) is 24.3 Å². The number of anilines is 4. The van der Waals surface area contributed by atoms with Gasteiger partial charge in [-0.3, -0.25) is 0 Å². The van der Waals surface area contributed by atoms with Gasteiger partial charge in [0.05, 0.1) is 0 Å². The number of rotatable bonds is 17. The van der Waals surface area contributed by atoms with Crippen molar-refractivity contribution < 1.29 is 4.74 Å². The normalized spacial score (nSPS) is 11.1. The first-order chi connectivity index (χ1) is 16.1. The maximum atomic E-state index is 5.88. The second-order valence-electron chi connectivity index (χ2n) is 7.51. The van der Waals surface area contributed by atoms with E-state index in [2.05, 4.69) is 68.4 Å². The molecule has 5 N–H and O–H groups in total. The Kier molecular flexibility index (Phi) is 12.2. The van der Waals surface area contributed by atoms with Gasteiger partial charge in [0.15, 0.2) is 0 Å². The van der Waals surface area contributed by atoms with Gasteiger partial charge in [-0.15, -0.1) is 0 Å². The van der Waals surface area contributed by atoms with Gasteiger partial charge >= 0.3 is 6.01 Å². The molecule has 0 aliphatic rings. The summed E-state index contributed by atoms with van der Waals surface area (Å²) in [6.45, 7) is 16.9. The number of nitrogens with two attached hydrogens (primary N) is 1. The van der Waals surface area contributed by atoms with Crippen LogP contribution >= 0.6 is 0 Å². The lowest BCUT2D eigenvalue weighted by atomic mass is 10.3. The quantitative estimate of drug-likeness (QED) is 0.281. The van der Waals surface area contributed by atoms with Gasteiger partial charge in [-0.05, 0) is 50.4 Å². The molecule has 184 valence electrons. The molecule has 0 saturated heterocycles. The number of likely N-dealkylation sites (N-methyl/N-ethyl adjacent to an activating group) is 2. The zero-order chi connectivity index (χ0) is 23.9. The fourth-order valence-corrected chi connectivity index (χ4v) is 3.24. The van der Waals surface area contributed by atoms with Gasteiger partial charge < -0.3 is 36.2 Å². The van der Waals surface area contributed by atoms with Crippen molar-refractivity contribution in [3.8, 4) is 6.01 Å². The maximum absolute atomic E-state index is 5.88. The summed E-state index contributed by atoms with van der Waals surface area (Å²) >= 11 is 0. The average molecular weight is 460 g/mol. The van der Waals surface area contributed by atoms with Crippen molar-refractivity contribution in [1.82, 2.24) is 24.8 Å². The van der Waals surface area contributed by atoms with E-state index in [1.165, 1.54) is 0 Å². The molecule has 10 nitrogen and oxygen atoms in total. The van der Waals surface area contributed by atoms with Crippen LogP contribution in [0.15, 0.2) is 24.3 Å². The van der Waals surface area contributed by atoms with Crippen molar-refractivity contribution in [1.29, 1.82) is 0 Å². The van der Waals surface area contributed by atoms with E-state index in [-0.39, 0.29) is 0 Å². The molecule has 0 aliphatic carbocycles. The molecule has 1 aromatic heterocycles. The predicted octanol–water partition coefficient (Wildman–Crippen LogP) is 2.46. The first-order valence-electron chi connectivity index (χ1n) is 12.0. The third kappa shape index (κ3) is 9.77. The zero-order valence-electron chi connectivity index (χ0n) is 20.6. The lowest BCUT2D eigenvalue weighted by Crippen LogP contribution is -2.29. The molecular weight excluding hydrogens is 418 g/mol. The topological polar surface area (TPSA) is 116 Å². The first kappa shape index (κ1) is 26.6. The zero-order valence-corrected chi connectivity index (χ0v) is 20.6. The summed E-state index contributed by atoms with van der Waals surface area (Å²) in [6.07, 6.45) is 0. The van der Waals surface area contributed by atoms with Crippen LogP contribution in [0.1, 0.15) is 27.7 Å². The minimum atomic E-state index is 0.311. The largest absolute Gasteiger partial charge is 0.462 e. The summed E-state index contributed by atoms with van der Waals surface area (Å²) in [5.74, 6) is 0.939. The van der Waals surface area contributed by atoms with E-state index in [0.29, 0.717) is 31.1 Å². The predicted molar refractivity (Wildman–Crippen MR) is 137 cm³/mol. The molecule has 0 fully saturated rings. The molecule has 0 aliphatic heterocycles. The molecule has 0 atom stereocenters. The number of hydrogen-bond acceptors (Lipinski definition) is 10. The molecule has 0 bridgehead atoms. The number of ether oxygens (including phenoxy) is 1. The summed E-state index contributed by atoms with van der Waals surface area (Å²) in [7, 11) is 0. The van der Waals surface area contributed by atoms with Crippen molar-refractivity contribution in [3.05, 3.63) is 24.3 Å². The smallest absolute Gasteiger partial charge is 0.323 e. The van der Waals surface area contributed by atoms with Crippen LogP contribution in [-0.2, 0) is 0 Å². The Hall–Kier alpha value is -2.69. The van der Waals surface area contributed by atoms with Gasteiger partial charge in [0.2, 0.25) is 11.9 Å². The molecule has 0 unspecified atom stereocenters. The van der Waals surface area contributed by atoms with E-state index in [4.69, 9.17) is 10.5 Å². The lowest BCUT2D eigenvalue weighted by molar-refractivity contribution is 0.212. The van der Waals surface area contributed by atoms with Crippen LogP contribution in [0, 0.1) is 0 Å². The average Bonchev–Trinajstić information content (AvgIpc) is 2.84. The van der Waals surface area contributed by atoms with Crippen LogP contribution in [0.25, 0.3) is 0 Å². The Balaban J connectivity index is 2.08. The number of nitrogens with zero attached hydrogens (tertiary/aromatic N) is 5. The van der Waals surface area contributed by atoms with Crippen LogP contribution in [0.2, 0.25) is 0 Å². The fraction of sp³-hybridized carbons (Fsp3) is 0.609.